The van der Waals surface area contributed by atoms with Crippen molar-refractivity contribution in [2.45, 2.75) is 12.8 Å². The van der Waals surface area contributed by atoms with Crippen LogP contribution >= 0.6 is 0 Å². The van der Waals surface area contributed by atoms with Crippen LogP contribution in [0.25, 0.3) is 0 Å². The molecule has 3 nitrogen and oxygen atoms in total. The van der Waals surface area contributed by atoms with E-state index in [-0.39, 0.29) is 12.2 Å². The van der Waals surface area contributed by atoms with E-state index in [0.29, 0.717) is 6.42 Å². The van der Waals surface area contributed by atoms with Gasteiger partial charge in [0, 0.05) is 6.42 Å². The van der Waals surface area contributed by atoms with Gasteiger partial charge in [-0.1, -0.05) is 6.07 Å². The standard InChI is InChI=1S/C10H11FO3/c1-14-9-6-7(2-4-8(9)11)3-5-10(12)13/h2,4,6H,3,5H2,1H3,(H,12,13). The maximum Gasteiger partial charge on any atom is 0.303 e. The van der Waals surface area contributed by atoms with E-state index in [4.69, 9.17) is 9.84 Å². The third kappa shape index (κ3) is 2.73. The molecule has 1 aromatic rings. The van der Waals surface area contributed by atoms with Gasteiger partial charge in [-0.15, -0.1) is 0 Å². The van der Waals surface area contributed by atoms with Gasteiger partial charge in [-0.05, 0) is 24.1 Å². The third-order valence-corrected chi connectivity index (χ3v) is 1.84. The highest BCUT2D eigenvalue weighted by Crippen LogP contribution is 2.18. The Morgan fingerprint density at radius 2 is 2.29 bits per heavy atom. The number of halogens is 1. The molecule has 1 N–H and O–H groups in total. The van der Waals surface area contributed by atoms with Crippen LogP contribution in [0.2, 0.25) is 0 Å². The molecule has 14 heavy (non-hydrogen) atoms. The van der Waals surface area contributed by atoms with E-state index in [0.717, 1.165) is 5.56 Å². The Hall–Kier alpha value is -1.58. The number of carboxylic acids is 1. The highest BCUT2D eigenvalue weighted by Gasteiger charge is 2.04. The molecular formula is C10H11FO3. The molecule has 1 rings (SSSR count). The normalized spacial score (nSPS) is 9.86. The molecule has 0 atom stereocenters. The average Bonchev–Trinajstić information content (AvgIpc) is 2.16. The van der Waals surface area contributed by atoms with E-state index in [1.165, 1.54) is 19.2 Å². The first-order valence-corrected chi connectivity index (χ1v) is 4.17. The van der Waals surface area contributed by atoms with Crippen LogP contribution in [0.15, 0.2) is 18.2 Å². The second kappa shape index (κ2) is 4.60. The van der Waals surface area contributed by atoms with Crippen LogP contribution in [0.4, 0.5) is 4.39 Å². The van der Waals surface area contributed by atoms with Crippen LogP contribution in [-0.2, 0) is 11.2 Å². The van der Waals surface area contributed by atoms with Crippen molar-refractivity contribution < 1.29 is 19.0 Å². The van der Waals surface area contributed by atoms with Crippen molar-refractivity contribution in [3.05, 3.63) is 29.6 Å². The minimum absolute atomic E-state index is 0.0365. The van der Waals surface area contributed by atoms with E-state index in [1.54, 1.807) is 6.07 Å². The lowest BCUT2D eigenvalue weighted by Gasteiger charge is -2.04. The van der Waals surface area contributed by atoms with Gasteiger partial charge >= 0.3 is 5.97 Å². The van der Waals surface area contributed by atoms with Crippen molar-refractivity contribution in [2.24, 2.45) is 0 Å². The fourth-order valence-corrected chi connectivity index (χ4v) is 1.11. The van der Waals surface area contributed by atoms with Gasteiger partial charge in [-0.2, -0.15) is 0 Å². The topological polar surface area (TPSA) is 46.5 Å². The number of hydrogen-bond donors (Lipinski definition) is 1. The zero-order valence-electron chi connectivity index (χ0n) is 7.79. The molecule has 0 aliphatic heterocycles. The summed E-state index contributed by atoms with van der Waals surface area (Å²) >= 11 is 0. The van der Waals surface area contributed by atoms with Crippen LogP contribution in [-0.4, -0.2) is 18.2 Å². The summed E-state index contributed by atoms with van der Waals surface area (Å²) in [6, 6.07) is 4.34. The largest absolute Gasteiger partial charge is 0.494 e. The van der Waals surface area contributed by atoms with E-state index >= 15 is 0 Å². The number of ether oxygens (including phenoxy) is 1. The highest BCUT2D eigenvalue weighted by molar-refractivity contribution is 5.67. The number of rotatable bonds is 4. The van der Waals surface area contributed by atoms with Gasteiger partial charge in [0.05, 0.1) is 7.11 Å². The monoisotopic (exact) mass is 198 g/mol. The van der Waals surface area contributed by atoms with Gasteiger partial charge < -0.3 is 9.84 Å². The highest BCUT2D eigenvalue weighted by atomic mass is 19.1. The Balaban J connectivity index is 2.74. The van der Waals surface area contributed by atoms with E-state index < -0.39 is 11.8 Å². The van der Waals surface area contributed by atoms with Crippen molar-refractivity contribution in [2.75, 3.05) is 7.11 Å². The van der Waals surface area contributed by atoms with Gasteiger partial charge in [0.25, 0.3) is 0 Å². The Morgan fingerprint density at radius 3 is 2.86 bits per heavy atom. The van der Waals surface area contributed by atoms with E-state index in [2.05, 4.69) is 0 Å². The summed E-state index contributed by atoms with van der Waals surface area (Å²) in [4.78, 5) is 10.3. The van der Waals surface area contributed by atoms with Crippen molar-refractivity contribution in [3.8, 4) is 5.75 Å². The lowest BCUT2D eigenvalue weighted by Crippen LogP contribution is -1.98. The van der Waals surface area contributed by atoms with Crippen LogP contribution in [0.3, 0.4) is 0 Å². The SMILES string of the molecule is COc1cc(CCC(=O)O)ccc1F. The van der Waals surface area contributed by atoms with Gasteiger partial charge in [-0.25, -0.2) is 4.39 Å². The summed E-state index contributed by atoms with van der Waals surface area (Å²) in [6.45, 7) is 0. The molecule has 0 aliphatic carbocycles. The molecule has 4 heteroatoms. The van der Waals surface area contributed by atoms with Crippen LogP contribution in [0.5, 0.6) is 5.75 Å². The molecule has 0 spiro atoms. The Labute approximate surface area is 81.1 Å². The van der Waals surface area contributed by atoms with Crippen molar-refractivity contribution in [3.63, 3.8) is 0 Å². The summed E-state index contributed by atoms with van der Waals surface area (Å²) in [7, 11) is 1.37. The van der Waals surface area contributed by atoms with Gasteiger partial charge in [0.15, 0.2) is 11.6 Å². The third-order valence-electron chi connectivity index (χ3n) is 1.84. The Kier molecular flexibility index (Phi) is 3.45. The number of hydrogen-bond acceptors (Lipinski definition) is 2. The lowest BCUT2D eigenvalue weighted by molar-refractivity contribution is -0.136. The minimum atomic E-state index is -0.867. The molecule has 0 radical (unpaired) electrons. The van der Waals surface area contributed by atoms with Crippen LogP contribution in [0.1, 0.15) is 12.0 Å². The second-order valence-corrected chi connectivity index (χ2v) is 2.86. The zero-order chi connectivity index (χ0) is 10.6. The molecule has 0 bridgehead atoms. The fourth-order valence-electron chi connectivity index (χ4n) is 1.11. The first kappa shape index (κ1) is 10.5. The Bertz CT molecular complexity index is 336. The first-order valence-electron chi connectivity index (χ1n) is 4.17. The predicted octanol–water partition coefficient (Wildman–Crippen LogP) is 1.85. The summed E-state index contributed by atoms with van der Waals surface area (Å²) in [5.41, 5.74) is 0.755. The van der Waals surface area contributed by atoms with Gasteiger partial charge in [-0.3, -0.25) is 4.79 Å². The smallest absolute Gasteiger partial charge is 0.303 e. The molecule has 0 heterocycles. The van der Waals surface area contributed by atoms with Crippen LogP contribution in [0, 0.1) is 5.82 Å². The number of benzene rings is 1. The van der Waals surface area contributed by atoms with Crippen molar-refractivity contribution in [1.82, 2.24) is 0 Å². The molecule has 0 saturated carbocycles. The summed E-state index contributed by atoms with van der Waals surface area (Å²) < 4.78 is 17.7. The molecule has 0 aromatic heterocycles. The summed E-state index contributed by atoms with van der Waals surface area (Å²) in [6.07, 6.45) is 0.417. The quantitative estimate of drug-likeness (QED) is 0.803. The lowest BCUT2D eigenvalue weighted by atomic mass is 10.1. The first-order chi connectivity index (χ1) is 6.63. The number of aryl methyl sites for hydroxylation is 1. The molecule has 0 unspecified atom stereocenters. The van der Waals surface area contributed by atoms with Gasteiger partial charge in [0.2, 0.25) is 0 Å². The molecule has 0 fully saturated rings. The summed E-state index contributed by atoms with van der Waals surface area (Å²) in [5.74, 6) is -1.16. The molecule has 0 aliphatic rings. The zero-order valence-corrected chi connectivity index (χ0v) is 7.79. The predicted molar refractivity (Wildman–Crippen MR) is 48.9 cm³/mol. The maximum atomic E-state index is 12.9. The molecular weight excluding hydrogens is 187 g/mol. The second-order valence-electron chi connectivity index (χ2n) is 2.86. The van der Waals surface area contributed by atoms with E-state index in [9.17, 15) is 9.18 Å². The van der Waals surface area contributed by atoms with Gasteiger partial charge in [0.1, 0.15) is 0 Å². The van der Waals surface area contributed by atoms with Crippen molar-refractivity contribution in [1.29, 1.82) is 0 Å². The maximum absolute atomic E-state index is 12.9. The molecule has 0 saturated heterocycles. The molecule has 1 aromatic carbocycles. The Morgan fingerprint density at radius 1 is 1.57 bits per heavy atom. The number of aliphatic carboxylic acids is 1. The fraction of sp³-hybridized carbons (Fsp3) is 0.300. The number of carbonyl (C=O) groups is 1. The summed E-state index contributed by atoms with van der Waals surface area (Å²) in [5, 5.41) is 8.45. The van der Waals surface area contributed by atoms with Crippen LogP contribution < -0.4 is 4.74 Å². The minimum Gasteiger partial charge on any atom is -0.494 e. The number of methoxy groups -OCH3 is 1. The number of carboxylic acid groups (broad SMARTS) is 1. The average molecular weight is 198 g/mol. The van der Waals surface area contributed by atoms with E-state index in [1.807, 2.05) is 0 Å². The molecule has 0 amide bonds. The van der Waals surface area contributed by atoms with Crippen molar-refractivity contribution >= 4 is 5.97 Å². The molecule has 76 valence electrons.